The number of piperazine rings is 1. The maximum Gasteiger partial charge on any atom is 0.416 e. The summed E-state index contributed by atoms with van der Waals surface area (Å²) in [6, 6.07) is 15.7. The van der Waals surface area contributed by atoms with Gasteiger partial charge in [0.2, 0.25) is 5.91 Å². The van der Waals surface area contributed by atoms with E-state index in [0.29, 0.717) is 51.5 Å². The van der Waals surface area contributed by atoms with Crippen molar-refractivity contribution in [3.8, 4) is 0 Å². The van der Waals surface area contributed by atoms with Crippen molar-refractivity contribution in [2.75, 3.05) is 50.7 Å². The molecule has 2 heterocycles. The van der Waals surface area contributed by atoms with Crippen molar-refractivity contribution in [1.82, 2.24) is 9.80 Å². The van der Waals surface area contributed by atoms with E-state index in [1.807, 2.05) is 28.0 Å². The molecule has 7 heteroatoms. The highest BCUT2D eigenvalue weighted by atomic mass is 19.4. The quantitative estimate of drug-likeness (QED) is 0.731. The van der Waals surface area contributed by atoms with Crippen LogP contribution in [0, 0.1) is 0 Å². The van der Waals surface area contributed by atoms with Gasteiger partial charge in [0.1, 0.15) is 0 Å². The summed E-state index contributed by atoms with van der Waals surface area (Å²) in [5, 5.41) is 0. The van der Waals surface area contributed by atoms with E-state index < -0.39 is 11.7 Å². The van der Waals surface area contributed by atoms with Gasteiger partial charge < -0.3 is 9.80 Å². The molecule has 0 aliphatic carbocycles. The Balaban J connectivity index is 1.28. The number of hydrogen-bond acceptors (Lipinski definition) is 3. The number of rotatable bonds is 4. The van der Waals surface area contributed by atoms with Gasteiger partial charge in [-0.15, -0.1) is 0 Å². The van der Waals surface area contributed by atoms with E-state index in [9.17, 15) is 18.0 Å². The molecule has 1 saturated heterocycles. The zero-order chi connectivity index (χ0) is 21.8. The standard InChI is InChI=1S/C24H26F3N3O/c25-24(26,27)21-7-4-8-22(17-21)29-15-13-28(14-16-29)18-23(31)30-11-9-20(10-12-30)19-5-2-1-3-6-19/h1-9,17H,10-16,18H2. The van der Waals surface area contributed by atoms with Crippen molar-refractivity contribution in [1.29, 1.82) is 0 Å². The van der Waals surface area contributed by atoms with Gasteiger partial charge in [-0.1, -0.05) is 42.5 Å². The first-order valence-corrected chi connectivity index (χ1v) is 10.6. The Labute approximate surface area is 180 Å². The van der Waals surface area contributed by atoms with Crippen LogP contribution in [0.3, 0.4) is 0 Å². The molecule has 0 spiro atoms. The van der Waals surface area contributed by atoms with Gasteiger partial charge in [0.05, 0.1) is 12.1 Å². The second-order valence-electron chi connectivity index (χ2n) is 8.00. The Morgan fingerprint density at radius 3 is 2.29 bits per heavy atom. The Kier molecular flexibility index (Phi) is 6.32. The van der Waals surface area contributed by atoms with Crippen LogP contribution >= 0.6 is 0 Å². The van der Waals surface area contributed by atoms with Gasteiger partial charge in [-0.3, -0.25) is 9.69 Å². The largest absolute Gasteiger partial charge is 0.416 e. The number of benzene rings is 2. The Bertz CT molecular complexity index is 935. The first-order chi connectivity index (χ1) is 14.9. The molecule has 4 nitrogen and oxygen atoms in total. The molecule has 0 aromatic heterocycles. The molecule has 2 aliphatic heterocycles. The van der Waals surface area contributed by atoms with Crippen LogP contribution in [0.1, 0.15) is 17.5 Å². The van der Waals surface area contributed by atoms with Gasteiger partial charge in [0, 0.05) is 45.0 Å². The fourth-order valence-electron chi connectivity index (χ4n) is 4.14. The van der Waals surface area contributed by atoms with Gasteiger partial charge in [-0.2, -0.15) is 13.2 Å². The number of carbonyl (C=O) groups excluding carboxylic acids is 1. The Morgan fingerprint density at radius 1 is 0.903 bits per heavy atom. The minimum absolute atomic E-state index is 0.107. The molecular weight excluding hydrogens is 403 g/mol. The van der Waals surface area contributed by atoms with Crippen molar-refractivity contribution >= 4 is 17.2 Å². The minimum Gasteiger partial charge on any atom is -0.369 e. The summed E-state index contributed by atoms with van der Waals surface area (Å²) in [5.41, 5.74) is 2.44. The molecule has 1 fully saturated rings. The van der Waals surface area contributed by atoms with Crippen LogP contribution < -0.4 is 4.90 Å². The van der Waals surface area contributed by atoms with Crippen LogP contribution in [0.25, 0.3) is 5.57 Å². The molecule has 1 amide bonds. The number of anilines is 1. The highest BCUT2D eigenvalue weighted by Crippen LogP contribution is 2.32. The highest BCUT2D eigenvalue weighted by Gasteiger charge is 2.31. The summed E-state index contributed by atoms with van der Waals surface area (Å²) in [7, 11) is 0. The van der Waals surface area contributed by atoms with E-state index in [1.54, 1.807) is 6.07 Å². The first-order valence-electron chi connectivity index (χ1n) is 10.6. The molecule has 0 atom stereocenters. The Hall–Kier alpha value is -2.80. The van der Waals surface area contributed by atoms with Gasteiger partial charge in [0.15, 0.2) is 0 Å². The third-order valence-electron chi connectivity index (χ3n) is 5.98. The zero-order valence-electron chi connectivity index (χ0n) is 17.3. The zero-order valence-corrected chi connectivity index (χ0v) is 17.3. The van der Waals surface area contributed by atoms with Crippen LogP contribution in [0.15, 0.2) is 60.7 Å². The number of nitrogens with zero attached hydrogens (tertiary/aromatic N) is 3. The molecule has 0 saturated carbocycles. The summed E-state index contributed by atoms with van der Waals surface area (Å²) in [4.78, 5) is 18.6. The van der Waals surface area contributed by atoms with Gasteiger partial charge in [0.25, 0.3) is 0 Å². The van der Waals surface area contributed by atoms with Crippen LogP contribution in [0.4, 0.5) is 18.9 Å². The van der Waals surface area contributed by atoms with Crippen molar-refractivity contribution in [3.63, 3.8) is 0 Å². The SMILES string of the molecule is O=C(CN1CCN(c2cccc(C(F)(F)F)c2)CC1)N1CC=C(c2ccccc2)CC1. The molecule has 0 radical (unpaired) electrons. The molecule has 0 bridgehead atoms. The lowest BCUT2D eigenvalue weighted by molar-refractivity contribution is -0.137. The van der Waals surface area contributed by atoms with E-state index >= 15 is 0 Å². The fourth-order valence-corrected chi connectivity index (χ4v) is 4.14. The maximum absolute atomic E-state index is 13.0. The molecule has 4 rings (SSSR count). The van der Waals surface area contributed by atoms with Crippen LogP contribution in [0.5, 0.6) is 0 Å². The second kappa shape index (κ2) is 9.14. The summed E-state index contributed by atoms with van der Waals surface area (Å²) in [5.74, 6) is 0.107. The summed E-state index contributed by atoms with van der Waals surface area (Å²) >= 11 is 0. The molecule has 164 valence electrons. The topological polar surface area (TPSA) is 26.8 Å². The minimum atomic E-state index is -4.34. The first kappa shape index (κ1) is 21.4. The van der Waals surface area contributed by atoms with E-state index in [2.05, 4.69) is 23.1 Å². The van der Waals surface area contributed by atoms with Gasteiger partial charge >= 0.3 is 6.18 Å². The maximum atomic E-state index is 13.0. The van der Waals surface area contributed by atoms with Crippen LogP contribution in [-0.2, 0) is 11.0 Å². The molecule has 31 heavy (non-hydrogen) atoms. The lowest BCUT2D eigenvalue weighted by Crippen LogP contribution is -2.50. The van der Waals surface area contributed by atoms with Gasteiger partial charge in [-0.05, 0) is 35.8 Å². The molecule has 0 unspecified atom stereocenters. The smallest absolute Gasteiger partial charge is 0.369 e. The number of hydrogen-bond donors (Lipinski definition) is 0. The average Bonchev–Trinajstić information content (AvgIpc) is 2.80. The van der Waals surface area contributed by atoms with E-state index in [1.165, 1.54) is 23.3 Å². The molecular formula is C24H26F3N3O. The predicted octanol–water partition coefficient (Wildman–Crippen LogP) is 4.14. The third-order valence-corrected chi connectivity index (χ3v) is 5.98. The van der Waals surface area contributed by atoms with Crippen molar-refractivity contribution < 1.29 is 18.0 Å². The fraction of sp³-hybridized carbons (Fsp3) is 0.375. The lowest BCUT2D eigenvalue weighted by Gasteiger charge is -2.37. The molecule has 2 aromatic rings. The lowest BCUT2D eigenvalue weighted by atomic mass is 9.99. The van der Waals surface area contributed by atoms with Crippen molar-refractivity contribution in [2.24, 2.45) is 0 Å². The molecule has 2 aromatic carbocycles. The van der Waals surface area contributed by atoms with E-state index in [0.717, 1.165) is 12.5 Å². The normalized spacial score (nSPS) is 18.1. The van der Waals surface area contributed by atoms with Crippen LogP contribution in [0.2, 0.25) is 0 Å². The Morgan fingerprint density at radius 2 is 1.65 bits per heavy atom. The summed E-state index contributed by atoms with van der Waals surface area (Å²) < 4.78 is 38.9. The summed E-state index contributed by atoms with van der Waals surface area (Å²) in [6.07, 6.45) is -1.37. The summed E-state index contributed by atoms with van der Waals surface area (Å²) in [6.45, 7) is 4.20. The second-order valence-corrected chi connectivity index (χ2v) is 8.00. The number of alkyl halides is 3. The van der Waals surface area contributed by atoms with Crippen LogP contribution in [-0.4, -0.2) is 61.5 Å². The number of amides is 1. The van der Waals surface area contributed by atoms with Crippen molar-refractivity contribution in [2.45, 2.75) is 12.6 Å². The average molecular weight is 429 g/mol. The van der Waals surface area contributed by atoms with Gasteiger partial charge in [-0.25, -0.2) is 0 Å². The molecule has 2 aliphatic rings. The predicted molar refractivity (Wildman–Crippen MR) is 116 cm³/mol. The highest BCUT2D eigenvalue weighted by molar-refractivity contribution is 5.80. The van der Waals surface area contributed by atoms with Crippen molar-refractivity contribution in [3.05, 3.63) is 71.8 Å². The van der Waals surface area contributed by atoms with E-state index in [-0.39, 0.29) is 5.91 Å². The molecule has 0 N–H and O–H groups in total. The monoisotopic (exact) mass is 429 g/mol. The number of carbonyl (C=O) groups is 1. The third kappa shape index (κ3) is 5.28. The number of halogens is 3. The van der Waals surface area contributed by atoms with E-state index in [4.69, 9.17) is 0 Å².